The third-order valence-electron chi connectivity index (χ3n) is 3.99. The molecule has 4 nitrogen and oxygen atoms in total. The molecule has 4 heteroatoms. The Morgan fingerprint density at radius 2 is 1.57 bits per heavy atom. The summed E-state index contributed by atoms with van der Waals surface area (Å²) in [5, 5.41) is 0. The van der Waals surface area contributed by atoms with E-state index < -0.39 is 0 Å². The molecule has 2 aromatic rings. The van der Waals surface area contributed by atoms with Crippen molar-refractivity contribution in [3.8, 4) is 0 Å². The minimum atomic E-state index is 0.862. The lowest BCUT2D eigenvalue weighted by molar-refractivity contribution is 0.254. The molecular weight excluding hydrogens is 260 g/mol. The normalized spacial score (nSPS) is 16.1. The minimum absolute atomic E-state index is 0.862. The Morgan fingerprint density at radius 3 is 2.29 bits per heavy atom. The maximum absolute atomic E-state index is 4.33. The van der Waals surface area contributed by atoms with Crippen LogP contribution in [0.2, 0.25) is 0 Å². The van der Waals surface area contributed by atoms with Gasteiger partial charge in [0.2, 0.25) is 5.95 Å². The lowest BCUT2D eigenvalue weighted by atomic mass is 10.1. The van der Waals surface area contributed by atoms with Crippen molar-refractivity contribution >= 4 is 5.95 Å². The van der Waals surface area contributed by atoms with Gasteiger partial charge in [-0.05, 0) is 31.0 Å². The van der Waals surface area contributed by atoms with Gasteiger partial charge in [-0.25, -0.2) is 9.97 Å². The summed E-state index contributed by atoms with van der Waals surface area (Å²) in [6, 6.07) is 12.6. The highest BCUT2D eigenvalue weighted by molar-refractivity contribution is 5.29. The molecular formula is C17H22N4. The van der Waals surface area contributed by atoms with Gasteiger partial charge >= 0.3 is 0 Å². The topological polar surface area (TPSA) is 32.3 Å². The fourth-order valence-corrected chi connectivity index (χ4v) is 2.78. The zero-order valence-corrected chi connectivity index (χ0v) is 12.4. The molecule has 0 aliphatic carbocycles. The average Bonchev–Trinajstić information content (AvgIpc) is 2.57. The zero-order chi connectivity index (χ0) is 14.3. The monoisotopic (exact) mass is 282 g/mol. The van der Waals surface area contributed by atoms with Gasteiger partial charge in [-0.15, -0.1) is 0 Å². The summed E-state index contributed by atoms with van der Waals surface area (Å²) in [4.78, 5) is 13.5. The summed E-state index contributed by atoms with van der Waals surface area (Å²) in [5.41, 5.74) is 1.44. The lowest BCUT2D eigenvalue weighted by Crippen LogP contribution is -2.47. The van der Waals surface area contributed by atoms with E-state index in [2.05, 4.69) is 50.1 Å². The number of aromatic nitrogens is 2. The Kier molecular flexibility index (Phi) is 4.79. The summed E-state index contributed by atoms with van der Waals surface area (Å²) in [6.45, 7) is 5.43. The van der Waals surface area contributed by atoms with Crippen LogP contribution in [-0.2, 0) is 6.42 Å². The molecule has 0 saturated carbocycles. The van der Waals surface area contributed by atoms with Crippen molar-refractivity contribution in [2.45, 2.75) is 12.8 Å². The lowest BCUT2D eigenvalue weighted by Gasteiger charge is -2.34. The quantitative estimate of drug-likeness (QED) is 0.842. The van der Waals surface area contributed by atoms with E-state index in [1.807, 2.05) is 18.5 Å². The number of hydrogen-bond donors (Lipinski definition) is 0. The van der Waals surface area contributed by atoms with Crippen LogP contribution < -0.4 is 4.90 Å². The smallest absolute Gasteiger partial charge is 0.225 e. The van der Waals surface area contributed by atoms with Gasteiger partial charge in [-0.3, -0.25) is 4.90 Å². The second-order valence-electron chi connectivity index (χ2n) is 5.47. The Balaban J connectivity index is 1.40. The van der Waals surface area contributed by atoms with E-state index in [0.717, 1.165) is 32.1 Å². The molecule has 1 aromatic heterocycles. The molecule has 0 radical (unpaired) electrons. The molecule has 0 spiro atoms. The van der Waals surface area contributed by atoms with E-state index in [9.17, 15) is 0 Å². The molecule has 1 aliphatic rings. The molecule has 0 N–H and O–H groups in total. The van der Waals surface area contributed by atoms with Crippen molar-refractivity contribution in [3.63, 3.8) is 0 Å². The SMILES string of the molecule is c1ccc(CCCN2CCN(c3ncccn3)CC2)cc1. The average molecular weight is 282 g/mol. The maximum Gasteiger partial charge on any atom is 0.225 e. The van der Waals surface area contributed by atoms with Gasteiger partial charge < -0.3 is 4.90 Å². The van der Waals surface area contributed by atoms with Crippen LogP contribution in [0.5, 0.6) is 0 Å². The van der Waals surface area contributed by atoms with Crippen LogP contribution in [-0.4, -0.2) is 47.6 Å². The van der Waals surface area contributed by atoms with E-state index in [1.54, 1.807) is 0 Å². The first-order chi connectivity index (χ1) is 10.4. The molecule has 1 fully saturated rings. The first-order valence-electron chi connectivity index (χ1n) is 7.70. The highest BCUT2D eigenvalue weighted by Gasteiger charge is 2.17. The van der Waals surface area contributed by atoms with Gasteiger partial charge in [0.1, 0.15) is 0 Å². The Morgan fingerprint density at radius 1 is 0.857 bits per heavy atom. The van der Waals surface area contributed by atoms with E-state index in [-0.39, 0.29) is 0 Å². The maximum atomic E-state index is 4.33. The van der Waals surface area contributed by atoms with Gasteiger partial charge in [-0.1, -0.05) is 30.3 Å². The fraction of sp³-hybridized carbons (Fsp3) is 0.412. The molecule has 1 aromatic carbocycles. The second kappa shape index (κ2) is 7.18. The van der Waals surface area contributed by atoms with Gasteiger partial charge in [0.05, 0.1) is 0 Å². The number of aryl methyl sites for hydroxylation is 1. The molecule has 1 saturated heterocycles. The summed E-state index contributed by atoms with van der Waals surface area (Å²) >= 11 is 0. The summed E-state index contributed by atoms with van der Waals surface area (Å²) in [7, 11) is 0. The number of piperazine rings is 1. The fourth-order valence-electron chi connectivity index (χ4n) is 2.78. The van der Waals surface area contributed by atoms with Crippen molar-refractivity contribution in [1.82, 2.24) is 14.9 Å². The van der Waals surface area contributed by atoms with Crippen molar-refractivity contribution in [2.75, 3.05) is 37.6 Å². The first-order valence-corrected chi connectivity index (χ1v) is 7.70. The number of nitrogens with zero attached hydrogens (tertiary/aromatic N) is 4. The van der Waals surface area contributed by atoms with Crippen LogP contribution >= 0.6 is 0 Å². The summed E-state index contributed by atoms with van der Waals surface area (Å²) in [6.07, 6.45) is 6.03. The van der Waals surface area contributed by atoms with Crippen molar-refractivity contribution < 1.29 is 0 Å². The van der Waals surface area contributed by atoms with Crippen LogP contribution in [0.3, 0.4) is 0 Å². The van der Waals surface area contributed by atoms with Crippen LogP contribution in [0.1, 0.15) is 12.0 Å². The third-order valence-corrected chi connectivity index (χ3v) is 3.99. The van der Waals surface area contributed by atoms with Crippen molar-refractivity contribution in [3.05, 3.63) is 54.4 Å². The van der Waals surface area contributed by atoms with E-state index in [4.69, 9.17) is 0 Å². The summed E-state index contributed by atoms with van der Waals surface area (Å²) in [5.74, 6) is 0.862. The predicted octanol–water partition coefficient (Wildman–Crippen LogP) is 2.23. The molecule has 3 rings (SSSR count). The number of anilines is 1. The minimum Gasteiger partial charge on any atom is -0.338 e. The van der Waals surface area contributed by atoms with Gasteiger partial charge in [0, 0.05) is 38.6 Å². The standard InChI is InChI=1S/C17H22N4/c1-2-6-16(7-3-1)8-4-11-20-12-14-21(15-13-20)17-18-9-5-10-19-17/h1-3,5-7,9-10H,4,8,11-15H2. The van der Waals surface area contributed by atoms with E-state index in [0.29, 0.717) is 0 Å². The van der Waals surface area contributed by atoms with Gasteiger partial charge in [-0.2, -0.15) is 0 Å². The number of benzene rings is 1. The Bertz CT molecular complexity index is 518. The number of hydrogen-bond acceptors (Lipinski definition) is 4. The van der Waals surface area contributed by atoms with Crippen LogP contribution in [0.25, 0.3) is 0 Å². The first kappa shape index (κ1) is 14.0. The van der Waals surface area contributed by atoms with Crippen LogP contribution in [0.4, 0.5) is 5.95 Å². The Labute approximate surface area is 126 Å². The summed E-state index contributed by atoms with van der Waals surface area (Å²) < 4.78 is 0. The Hall–Kier alpha value is -1.94. The molecule has 1 aliphatic heterocycles. The molecule has 110 valence electrons. The molecule has 0 amide bonds. The highest BCUT2D eigenvalue weighted by Crippen LogP contribution is 2.10. The highest BCUT2D eigenvalue weighted by atomic mass is 15.3. The molecule has 21 heavy (non-hydrogen) atoms. The van der Waals surface area contributed by atoms with Gasteiger partial charge in [0.25, 0.3) is 0 Å². The van der Waals surface area contributed by atoms with Crippen LogP contribution in [0, 0.1) is 0 Å². The predicted molar refractivity (Wildman–Crippen MR) is 85.4 cm³/mol. The third kappa shape index (κ3) is 4.02. The zero-order valence-electron chi connectivity index (χ0n) is 12.4. The van der Waals surface area contributed by atoms with Crippen molar-refractivity contribution in [1.29, 1.82) is 0 Å². The molecule has 0 bridgehead atoms. The molecule has 0 atom stereocenters. The second-order valence-corrected chi connectivity index (χ2v) is 5.47. The molecule has 0 unspecified atom stereocenters. The van der Waals surface area contributed by atoms with Gasteiger partial charge in [0.15, 0.2) is 0 Å². The number of rotatable bonds is 5. The molecule has 2 heterocycles. The van der Waals surface area contributed by atoms with E-state index in [1.165, 1.54) is 24.9 Å². The van der Waals surface area contributed by atoms with E-state index >= 15 is 0 Å². The van der Waals surface area contributed by atoms with Crippen LogP contribution in [0.15, 0.2) is 48.8 Å². The largest absolute Gasteiger partial charge is 0.338 e. The van der Waals surface area contributed by atoms with Crippen molar-refractivity contribution in [2.24, 2.45) is 0 Å².